The van der Waals surface area contributed by atoms with Crippen molar-refractivity contribution >= 4 is 17.8 Å². The summed E-state index contributed by atoms with van der Waals surface area (Å²) in [7, 11) is 0. The molecule has 0 atom stereocenters. The van der Waals surface area contributed by atoms with E-state index in [4.69, 9.17) is 5.73 Å². The van der Waals surface area contributed by atoms with Crippen LogP contribution in [0.1, 0.15) is 11.4 Å². The first-order chi connectivity index (χ1) is 6.84. The predicted molar refractivity (Wildman–Crippen MR) is 56.2 cm³/mol. The molecule has 2 rings (SSSR count). The van der Waals surface area contributed by atoms with E-state index in [1.165, 1.54) is 6.33 Å². The highest BCUT2D eigenvalue weighted by Crippen LogP contribution is 2.08. The second-order valence-corrected chi connectivity index (χ2v) is 2.87. The third kappa shape index (κ3) is 1.98. The Balaban J connectivity index is 2.15. The fraction of sp³-hybridized carbons (Fsp3) is 0. The van der Waals surface area contributed by atoms with Crippen molar-refractivity contribution in [3.63, 3.8) is 0 Å². The van der Waals surface area contributed by atoms with E-state index in [1.807, 2.05) is 36.4 Å². The number of nitrogens with zero attached hydrogens (tertiary/aromatic N) is 2. The van der Waals surface area contributed by atoms with E-state index < -0.39 is 0 Å². The number of nitrogens with two attached hydrogens (primary N) is 1. The molecule has 0 unspecified atom stereocenters. The van der Waals surface area contributed by atoms with Crippen LogP contribution in [0.15, 0.2) is 30.6 Å². The second-order valence-electron chi connectivity index (χ2n) is 2.87. The van der Waals surface area contributed by atoms with E-state index in [2.05, 4.69) is 15.2 Å². The van der Waals surface area contributed by atoms with Gasteiger partial charge >= 0.3 is 0 Å². The smallest absolute Gasteiger partial charge is 0.148 e. The number of rotatable bonds is 2. The van der Waals surface area contributed by atoms with Gasteiger partial charge in [-0.1, -0.05) is 18.2 Å². The maximum Gasteiger partial charge on any atom is 0.148 e. The number of hydrogen-bond donors (Lipinski definition) is 2. The summed E-state index contributed by atoms with van der Waals surface area (Å²) in [5.74, 6) is 0.738. The lowest BCUT2D eigenvalue weighted by molar-refractivity contribution is 1.08. The molecular weight excluding hydrogens is 176 g/mol. The van der Waals surface area contributed by atoms with E-state index in [1.54, 1.807) is 0 Å². The van der Waals surface area contributed by atoms with Gasteiger partial charge in [-0.2, -0.15) is 5.10 Å². The summed E-state index contributed by atoms with van der Waals surface area (Å²) in [4.78, 5) is 3.97. The lowest BCUT2D eigenvalue weighted by Gasteiger charge is -1.93. The van der Waals surface area contributed by atoms with Gasteiger partial charge < -0.3 is 5.73 Å². The van der Waals surface area contributed by atoms with Crippen LogP contribution in [0, 0.1) is 0 Å². The third-order valence-electron chi connectivity index (χ3n) is 1.80. The van der Waals surface area contributed by atoms with Gasteiger partial charge in [0.05, 0.1) is 0 Å². The van der Waals surface area contributed by atoms with Crippen molar-refractivity contribution in [3.05, 3.63) is 42.0 Å². The number of nitrogen functional groups attached to an aromatic ring is 1. The molecule has 0 radical (unpaired) electrons. The maximum atomic E-state index is 5.56. The highest BCUT2D eigenvalue weighted by atomic mass is 15.2. The summed E-state index contributed by atoms with van der Waals surface area (Å²) in [6, 6.07) is 7.62. The Morgan fingerprint density at radius 1 is 1.14 bits per heavy atom. The number of anilines is 1. The van der Waals surface area contributed by atoms with Crippen LogP contribution in [-0.4, -0.2) is 15.2 Å². The van der Waals surface area contributed by atoms with Crippen LogP contribution in [0.3, 0.4) is 0 Å². The topological polar surface area (TPSA) is 67.6 Å². The average Bonchev–Trinajstić information content (AvgIpc) is 2.70. The molecule has 0 spiro atoms. The van der Waals surface area contributed by atoms with Crippen molar-refractivity contribution in [1.82, 2.24) is 15.2 Å². The Morgan fingerprint density at radius 2 is 1.93 bits per heavy atom. The molecule has 1 aromatic carbocycles. The van der Waals surface area contributed by atoms with E-state index in [9.17, 15) is 0 Å². The van der Waals surface area contributed by atoms with Gasteiger partial charge in [-0.25, -0.2) is 4.98 Å². The van der Waals surface area contributed by atoms with E-state index in [0.717, 1.165) is 17.1 Å². The molecule has 14 heavy (non-hydrogen) atoms. The van der Waals surface area contributed by atoms with Crippen molar-refractivity contribution in [2.24, 2.45) is 0 Å². The van der Waals surface area contributed by atoms with Gasteiger partial charge in [0.2, 0.25) is 0 Å². The summed E-state index contributed by atoms with van der Waals surface area (Å²) < 4.78 is 0. The average molecular weight is 186 g/mol. The standard InChI is InChI=1S/C10H10N4/c11-9-4-1-8(2-5-9)3-6-10-12-7-13-14-10/h1-7H,11H2,(H,12,13,14)/b6-3+. The first-order valence-electron chi connectivity index (χ1n) is 4.23. The number of hydrogen-bond acceptors (Lipinski definition) is 3. The molecule has 4 nitrogen and oxygen atoms in total. The summed E-state index contributed by atoms with van der Waals surface area (Å²) in [6.45, 7) is 0. The van der Waals surface area contributed by atoms with Crippen LogP contribution in [0.2, 0.25) is 0 Å². The minimum atomic E-state index is 0.738. The predicted octanol–water partition coefficient (Wildman–Crippen LogP) is 1.56. The first kappa shape index (κ1) is 8.50. The minimum absolute atomic E-state index is 0.738. The lowest BCUT2D eigenvalue weighted by atomic mass is 10.2. The van der Waals surface area contributed by atoms with Crippen LogP contribution in [0.4, 0.5) is 5.69 Å². The molecule has 0 bridgehead atoms. The van der Waals surface area contributed by atoms with Gasteiger partial charge in [0, 0.05) is 5.69 Å². The molecule has 0 saturated carbocycles. The molecule has 0 aliphatic rings. The molecule has 0 aliphatic carbocycles. The van der Waals surface area contributed by atoms with Crippen LogP contribution in [0.25, 0.3) is 12.2 Å². The van der Waals surface area contributed by atoms with Gasteiger partial charge in [-0.3, -0.25) is 5.10 Å². The number of nitrogens with one attached hydrogen (secondary N) is 1. The Labute approximate surface area is 81.5 Å². The molecule has 70 valence electrons. The van der Waals surface area contributed by atoms with Crippen LogP contribution >= 0.6 is 0 Å². The first-order valence-corrected chi connectivity index (χ1v) is 4.23. The summed E-state index contributed by atoms with van der Waals surface area (Å²) in [5.41, 5.74) is 7.41. The van der Waals surface area contributed by atoms with Gasteiger partial charge in [-0.05, 0) is 23.8 Å². The number of benzene rings is 1. The summed E-state index contributed by atoms with van der Waals surface area (Å²) in [6.07, 6.45) is 5.28. The molecule has 2 aromatic rings. The quantitative estimate of drug-likeness (QED) is 0.699. The van der Waals surface area contributed by atoms with Crippen molar-refractivity contribution in [2.75, 3.05) is 5.73 Å². The van der Waals surface area contributed by atoms with Gasteiger partial charge in [0.25, 0.3) is 0 Å². The summed E-state index contributed by atoms with van der Waals surface area (Å²) >= 11 is 0. The monoisotopic (exact) mass is 186 g/mol. The fourth-order valence-electron chi connectivity index (χ4n) is 1.08. The Hall–Kier alpha value is -2.10. The molecule has 0 fully saturated rings. The van der Waals surface area contributed by atoms with E-state index in [-0.39, 0.29) is 0 Å². The minimum Gasteiger partial charge on any atom is -0.399 e. The second kappa shape index (κ2) is 3.74. The third-order valence-corrected chi connectivity index (χ3v) is 1.80. The zero-order valence-electron chi connectivity index (χ0n) is 7.51. The highest BCUT2D eigenvalue weighted by molar-refractivity contribution is 5.67. The number of H-pyrrole nitrogens is 1. The fourth-order valence-corrected chi connectivity index (χ4v) is 1.08. The molecule has 1 aromatic heterocycles. The Morgan fingerprint density at radius 3 is 2.57 bits per heavy atom. The van der Waals surface area contributed by atoms with Crippen LogP contribution in [0.5, 0.6) is 0 Å². The van der Waals surface area contributed by atoms with Gasteiger partial charge in [0.15, 0.2) is 0 Å². The summed E-state index contributed by atoms with van der Waals surface area (Å²) in [5, 5.41) is 6.49. The van der Waals surface area contributed by atoms with E-state index >= 15 is 0 Å². The Kier molecular flexibility index (Phi) is 2.27. The molecule has 4 heteroatoms. The van der Waals surface area contributed by atoms with Gasteiger partial charge in [-0.15, -0.1) is 0 Å². The molecule has 3 N–H and O–H groups in total. The van der Waals surface area contributed by atoms with Crippen molar-refractivity contribution < 1.29 is 0 Å². The molecule has 1 heterocycles. The number of aromatic amines is 1. The molecule has 0 amide bonds. The van der Waals surface area contributed by atoms with Crippen molar-refractivity contribution in [1.29, 1.82) is 0 Å². The van der Waals surface area contributed by atoms with Crippen molar-refractivity contribution in [2.45, 2.75) is 0 Å². The number of aromatic nitrogens is 3. The van der Waals surface area contributed by atoms with Crippen LogP contribution < -0.4 is 5.73 Å². The SMILES string of the molecule is Nc1ccc(/C=C/c2ncn[nH]2)cc1. The highest BCUT2D eigenvalue weighted by Gasteiger charge is 1.89. The Bertz CT molecular complexity index is 414. The van der Waals surface area contributed by atoms with Gasteiger partial charge in [0.1, 0.15) is 12.2 Å². The maximum absolute atomic E-state index is 5.56. The molecule has 0 saturated heterocycles. The zero-order valence-corrected chi connectivity index (χ0v) is 7.51. The molecule has 0 aliphatic heterocycles. The largest absolute Gasteiger partial charge is 0.399 e. The van der Waals surface area contributed by atoms with Crippen LogP contribution in [-0.2, 0) is 0 Å². The molecular formula is C10H10N4. The zero-order chi connectivity index (χ0) is 9.80. The van der Waals surface area contributed by atoms with E-state index in [0.29, 0.717) is 0 Å². The van der Waals surface area contributed by atoms with Crippen molar-refractivity contribution in [3.8, 4) is 0 Å². The lowest BCUT2D eigenvalue weighted by Crippen LogP contribution is -1.82. The normalized spacial score (nSPS) is 10.9.